The number of hydrogen-bond donors (Lipinski definition) is 2. The second-order valence-electron chi connectivity index (χ2n) is 9.62. The van der Waals surface area contributed by atoms with Crippen LogP contribution in [0.15, 0.2) is 101 Å². The molecular weight excluding hydrogens is 432 g/mol. The molecule has 0 amide bonds. The fourth-order valence-corrected chi connectivity index (χ4v) is 5.60. The summed E-state index contributed by atoms with van der Waals surface area (Å²) < 4.78 is 3.81. The van der Waals surface area contributed by atoms with Crippen LogP contribution >= 0.6 is 11.9 Å². The molecule has 0 aromatic heterocycles. The Morgan fingerprint density at radius 1 is 0.853 bits per heavy atom. The highest BCUT2D eigenvalue weighted by Gasteiger charge is 2.24. The molecule has 3 unspecified atom stereocenters. The van der Waals surface area contributed by atoms with Crippen LogP contribution in [0.25, 0.3) is 0 Å². The van der Waals surface area contributed by atoms with E-state index in [1.54, 1.807) is 17.5 Å². The molecule has 1 aliphatic rings. The van der Waals surface area contributed by atoms with E-state index in [1.165, 1.54) is 53.7 Å². The van der Waals surface area contributed by atoms with Crippen LogP contribution in [0.1, 0.15) is 67.8 Å². The molecule has 3 atom stereocenters. The summed E-state index contributed by atoms with van der Waals surface area (Å²) in [4.78, 5) is 1.23. The summed E-state index contributed by atoms with van der Waals surface area (Å²) >= 11 is 1.72. The Hall–Kier alpha value is -2.33. The Labute approximate surface area is 210 Å². The van der Waals surface area contributed by atoms with Crippen LogP contribution in [0.3, 0.4) is 0 Å². The number of nitrogens with one attached hydrogen (secondary N) is 2. The summed E-state index contributed by atoms with van der Waals surface area (Å²) in [6.45, 7) is 5.53. The van der Waals surface area contributed by atoms with E-state index in [-0.39, 0.29) is 12.1 Å². The lowest BCUT2D eigenvalue weighted by molar-refractivity contribution is 0.428. The van der Waals surface area contributed by atoms with Crippen LogP contribution in [-0.4, -0.2) is 6.54 Å². The summed E-state index contributed by atoms with van der Waals surface area (Å²) in [7, 11) is 0. The number of hydrogen-bond acceptors (Lipinski definition) is 3. The minimum absolute atomic E-state index is 0.142. The van der Waals surface area contributed by atoms with Gasteiger partial charge in [-0.05, 0) is 86.7 Å². The fourth-order valence-electron chi connectivity index (χ4n) is 4.80. The molecule has 3 aromatic rings. The molecule has 0 heterocycles. The third kappa shape index (κ3) is 7.33. The molecule has 0 radical (unpaired) electrons. The van der Waals surface area contributed by atoms with Gasteiger partial charge in [0.2, 0.25) is 0 Å². The van der Waals surface area contributed by atoms with E-state index in [9.17, 15) is 0 Å². The Morgan fingerprint density at radius 2 is 1.50 bits per heavy atom. The quantitative estimate of drug-likeness (QED) is 0.168. The second-order valence-corrected chi connectivity index (χ2v) is 10.5. The van der Waals surface area contributed by atoms with Crippen LogP contribution in [0, 0.1) is 12.8 Å². The van der Waals surface area contributed by atoms with Gasteiger partial charge in [0.25, 0.3) is 0 Å². The maximum atomic E-state index is 3.93. The zero-order valence-corrected chi connectivity index (χ0v) is 21.4. The van der Waals surface area contributed by atoms with Crippen LogP contribution in [0.2, 0.25) is 0 Å². The van der Waals surface area contributed by atoms with E-state index in [0.29, 0.717) is 0 Å². The average Bonchev–Trinajstić information content (AvgIpc) is 2.87. The normalized spacial score (nSPS) is 17.7. The monoisotopic (exact) mass is 470 g/mol. The molecule has 0 saturated heterocycles. The predicted octanol–water partition coefficient (Wildman–Crippen LogP) is 8.19. The van der Waals surface area contributed by atoms with Gasteiger partial charge in [0.1, 0.15) is 0 Å². The molecule has 0 bridgehead atoms. The zero-order chi connectivity index (χ0) is 23.6. The first-order valence-corrected chi connectivity index (χ1v) is 13.5. The van der Waals surface area contributed by atoms with Crippen LogP contribution in [0.4, 0.5) is 0 Å². The third-order valence-electron chi connectivity index (χ3n) is 6.72. The topological polar surface area (TPSA) is 24.1 Å². The summed E-state index contributed by atoms with van der Waals surface area (Å²) in [5, 5.41) is 3.93. The highest BCUT2D eigenvalue weighted by atomic mass is 32.2. The molecule has 4 rings (SSSR count). The first-order valence-electron chi connectivity index (χ1n) is 12.7. The van der Waals surface area contributed by atoms with Crippen molar-refractivity contribution in [2.45, 2.75) is 62.9 Å². The molecule has 3 heteroatoms. The number of rotatable bonds is 11. The highest BCUT2D eigenvalue weighted by Crippen LogP contribution is 2.33. The largest absolute Gasteiger partial charge is 0.308 e. The second kappa shape index (κ2) is 12.9. The van der Waals surface area contributed by atoms with Gasteiger partial charge in [-0.2, -0.15) is 0 Å². The molecule has 0 saturated carbocycles. The van der Waals surface area contributed by atoms with Gasteiger partial charge in [-0.25, -0.2) is 0 Å². The molecule has 34 heavy (non-hydrogen) atoms. The van der Waals surface area contributed by atoms with Crippen molar-refractivity contribution in [2.75, 3.05) is 6.54 Å². The van der Waals surface area contributed by atoms with Crippen molar-refractivity contribution >= 4 is 11.9 Å². The summed E-state index contributed by atoms with van der Waals surface area (Å²) in [6.07, 6.45) is 8.76. The molecule has 0 spiro atoms. The Kier molecular flexibility index (Phi) is 9.44. The lowest BCUT2D eigenvalue weighted by Crippen LogP contribution is -2.33. The highest BCUT2D eigenvalue weighted by molar-refractivity contribution is 7.97. The van der Waals surface area contributed by atoms with E-state index in [4.69, 9.17) is 0 Å². The van der Waals surface area contributed by atoms with Gasteiger partial charge < -0.3 is 5.32 Å². The number of benzene rings is 3. The molecule has 0 aliphatic heterocycles. The number of allylic oxidation sites excluding steroid dienone is 2. The minimum Gasteiger partial charge on any atom is -0.308 e. The van der Waals surface area contributed by atoms with Crippen molar-refractivity contribution in [3.63, 3.8) is 0 Å². The van der Waals surface area contributed by atoms with Crippen molar-refractivity contribution in [2.24, 2.45) is 5.92 Å². The van der Waals surface area contributed by atoms with Crippen molar-refractivity contribution < 1.29 is 0 Å². The first kappa shape index (κ1) is 24.8. The smallest absolute Gasteiger partial charge is 0.0619 e. The van der Waals surface area contributed by atoms with Gasteiger partial charge in [-0.3, -0.25) is 4.72 Å². The van der Waals surface area contributed by atoms with Gasteiger partial charge in [-0.15, -0.1) is 0 Å². The lowest BCUT2D eigenvalue weighted by Gasteiger charge is -2.30. The third-order valence-corrected chi connectivity index (χ3v) is 7.60. The van der Waals surface area contributed by atoms with E-state index in [2.05, 4.69) is 115 Å². The molecular formula is C31H38N2S. The predicted molar refractivity (Wildman–Crippen MR) is 147 cm³/mol. The van der Waals surface area contributed by atoms with E-state index >= 15 is 0 Å². The molecule has 1 aliphatic carbocycles. The van der Waals surface area contributed by atoms with Crippen LogP contribution in [-0.2, 0) is 0 Å². The van der Waals surface area contributed by atoms with Gasteiger partial charge in [-0.1, -0.05) is 96.9 Å². The standard InChI is InChI=1S/C31H38N2S/c1-24-18-20-29(21-19-24)34-33-31(28-16-7-4-8-17-28)30(27-14-5-3-6-15-27)32-22-10-13-26-12-9-11-25(2)23-26/h3-8,12,14-21,25,30-33H,9-11,13,22-23H2,1-2H3. The van der Waals surface area contributed by atoms with E-state index in [0.717, 1.165) is 12.5 Å². The first-order chi connectivity index (χ1) is 16.7. The minimum atomic E-state index is 0.142. The zero-order valence-electron chi connectivity index (χ0n) is 20.5. The number of aryl methyl sites for hydroxylation is 1. The van der Waals surface area contributed by atoms with Crippen LogP contribution < -0.4 is 10.0 Å². The average molecular weight is 471 g/mol. The SMILES string of the molecule is Cc1ccc(SNC(c2ccccc2)C(NCCCC2=CCCC(C)C2)c2ccccc2)cc1. The van der Waals surface area contributed by atoms with Gasteiger partial charge >= 0.3 is 0 Å². The lowest BCUT2D eigenvalue weighted by atomic mass is 9.88. The fraction of sp³-hybridized carbons (Fsp3) is 0.355. The van der Waals surface area contributed by atoms with Gasteiger partial charge in [0.05, 0.1) is 12.1 Å². The summed E-state index contributed by atoms with van der Waals surface area (Å²) in [6, 6.07) is 30.8. The van der Waals surface area contributed by atoms with Crippen molar-refractivity contribution in [1.29, 1.82) is 0 Å². The maximum absolute atomic E-state index is 3.93. The van der Waals surface area contributed by atoms with E-state index in [1.807, 2.05) is 0 Å². The Bertz CT molecular complexity index is 1010. The van der Waals surface area contributed by atoms with Gasteiger partial charge in [0.15, 0.2) is 0 Å². The van der Waals surface area contributed by atoms with Gasteiger partial charge in [0, 0.05) is 4.90 Å². The molecule has 3 aromatic carbocycles. The Morgan fingerprint density at radius 3 is 2.15 bits per heavy atom. The van der Waals surface area contributed by atoms with Crippen molar-refractivity contribution in [3.05, 3.63) is 113 Å². The Balaban J connectivity index is 1.49. The summed E-state index contributed by atoms with van der Waals surface area (Å²) in [5.74, 6) is 0.843. The molecule has 2 nitrogen and oxygen atoms in total. The van der Waals surface area contributed by atoms with Crippen LogP contribution in [0.5, 0.6) is 0 Å². The van der Waals surface area contributed by atoms with Crippen molar-refractivity contribution in [3.8, 4) is 0 Å². The molecule has 0 fully saturated rings. The molecule has 178 valence electrons. The van der Waals surface area contributed by atoms with Crippen molar-refractivity contribution in [1.82, 2.24) is 10.0 Å². The summed E-state index contributed by atoms with van der Waals surface area (Å²) in [5.41, 5.74) is 5.56. The molecule has 2 N–H and O–H groups in total. The van der Waals surface area contributed by atoms with E-state index < -0.39 is 0 Å². The maximum Gasteiger partial charge on any atom is 0.0619 e.